The van der Waals surface area contributed by atoms with E-state index in [-0.39, 0.29) is 40.7 Å². The quantitative estimate of drug-likeness (QED) is 0.285. The predicted octanol–water partition coefficient (Wildman–Crippen LogP) is 3.41. The van der Waals surface area contributed by atoms with Crippen molar-refractivity contribution in [1.82, 2.24) is 15.5 Å². The van der Waals surface area contributed by atoms with Gasteiger partial charge in [0.05, 0.1) is 5.41 Å². The number of carbonyl (C=O) groups is 1. The van der Waals surface area contributed by atoms with Crippen LogP contribution in [0.5, 0.6) is 0 Å². The molecule has 2 N–H and O–H groups in total. The van der Waals surface area contributed by atoms with E-state index in [1.54, 1.807) is 12.0 Å². The number of carbonyl (C=O) groups excluding carboxylic acids is 1. The second-order valence-corrected chi connectivity index (χ2v) is 8.69. The van der Waals surface area contributed by atoms with Crippen molar-refractivity contribution >= 4 is 35.8 Å². The molecule has 0 aromatic heterocycles. The maximum atomic E-state index is 12.8. The molecule has 2 aliphatic rings. The predicted molar refractivity (Wildman–Crippen MR) is 126 cm³/mol. The topological polar surface area (TPSA) is 66.0 Å². The first-order valence-corrected chi connectivity index (χ1v) is 10.7. The van der Waals surface area contributed by atoms with Gasteiger partial charge >= 0.3 is 0 Å². The molecule has 0 heterocycles. The van der Waals surface area contributed by atoms with Crippen molar-refractivity contribution in [1.29, 1.82) is 0 Å². The van der Waals surface area contributed by atoms with E-state index >= 15 is 0 Å². The van der Waals surface area contributed by atoms with Crippen LogP contribution in [0.1, 0.15) is 64.7 Å². The zero-order valence-corrected chi connectivity index (χ0v) is 20.6. The van der Waals surface area contributed by atoms with E-state index in [1.807, 2.05) is 14.1 Å². The number of hydrogen-bond acceptors (Lipinski definition) is 3. The smallest absolute Gasteiger partial charge is 0.230 e. The Bertz CT molecular complexity index is 499. The molecule has 2 rings (SSSR count). The molecule has 0 bridgehead atoms. The molecule has 0 atom stereocenters. The summed E-state index contributed by atoms with van der Waals surface area (Å²) in [6.07, 6.45) is 10.3. The largest absolute Gasteiger partial charge is 0.385 e. The maximum Gasteiger partial charge on any atom is 0.230 e. The summed E-state index contributed by atoms with van der Waals surface area (Å²) in [6, 6.07) is 0. The van der Waals surface area contributed by atoms with Crippen molar-refractivity contribution in [3.05, 3.63) is 0 Å². The first-order chi connectivity index (χ1) is 13.0. The Morgan fingerprint density at radius 2 is 1.68 bits per heavy atom. The minimum absolute atomic E-state index is 0. The fourth-order valence-corrected chi connectivity index (χ4v) is 4.76. The summed E-state index contributed by atoms with van der Waals surface area (Å²) in [5.74, 6) is 1.09. The van der Waals surface area contributed by atoms with Gasteiger partial charge in [0.1, 0.15) is 0 Å². The summed E-state index contributed by atoms with van der Waals surface area (Å²) in [4.78, 5) is 19.5. The Kier molecular flexibility index (Phi) is 11.1. The number of aliphatic imine (C=N–C) groups is 1. The van der Waals surface area contributed by atoms with Crippen LogP contribution in [-0.2, 0) is 9.53 Å². The van der Waals surface area contributed by atoms with Gasteiger partial charge in [-0.15, -0.1) is 24.0 Å². The van der Waals surface area contributed by atoms with Crippen molar-refractivity contribution in [2.75, 3.05) is 47.4 Å². The third-order valence-electron chi connectivity index (χ3n) is 6.43. The molecule has 0 aromatic carbocycles. The van der Waals surface area contributed by atoms with E-state index in [0.717, 1.165) is 57.8 Å². The lowest BCUT2D eigenvalue weighted by Crippen LogP contribution is -2.49. The number of hydrogen-bond donors (Lipinski definition) is 2. The van der Waals surface area contributed by atoms with Gasteiger partial charge in [-0.05, 0) is 44.4 Å². The number of guanidine groups is 1. The third kappa shape index (κ3) is 6.75. The molecule has 0 unspecified atom stereocenters. The molecule has 0 spiro atoms. The normalized spacial score (nSPS) is 20.5. The minimum atomic E-state index is -0.277. The van der Waals surface area contributed by atoms with Crippen LogP contribution < -0.4 is 10.6 Å². The molecule has 0 radical (unpaired) electrons. The Morgan fingerprint density at radius 3 is 2.21 bits per heavy atom. The van der Waals surface area contributed by atoms with Crippen LogP contribution in [-0.4, -0.2) is 64.2 Å². The Morgan fingerprint density at radius 1 is 1.07 bits per heavy atom. The number of amides is 1. The monoisotopic (exact) mass is 508 g/mol. The van der Waals surface area contributed by atoms with Crippen LogP contribution in [0.15, 0.2) is 4.99 Å². The van der Waals surface area contributed by atoms with Gasteiger partial charge in [0, 0.05) is 47.4 Å². The van der Waals surface area contributed by atoms with Gasteiger partial charge in [-0.3, -0.25) is 9.79 Å². The molecule has 0 aromatic rings. The Labute approximate surface area is 188 Å². The third-order valence-corrected chi connectivity index (χ3v) is 6.43. The molecule has 164 valence electrons. The molecule has 0 saturated heterocycles. The first-order valence-electron chi connectivity index (χ1n) is 10.7. The standard InChI is InChI=1S/C21H40N4O2.HI/c1-5-22-19(23-16-20(14-15-27-4)10-6-7-11-20)24-17-21(12-8-9-13-21)18(26)25(2)3;/h5-17H2,1-4H3,(H2,22,23,24);1H. The summed E-state index contributed by atoms with van der Waals surface area (Å²) in [6.45, 7) is 5.22. The molecule has 1 amide bonds. The lowest BCUT2D eigenvalue weighted by molar-refractivity contribution is -0.138. The van der Waals surface area contributed by atoms with Gasteiger partial charge in [0.25, 0.3) is 0 Å². The van der Waals surface area contributed by atoms with E-state index in [1.165, 1.54) is 25.7 Å². The average Bonchev–Trinajstić information content (AvgIpc) is 3.32. The summed E-state index contributed by atoms with van der Waals surface area (Å²) in [5, 5.41) is 6.87. The first kappa shape index (κ1) is 25.5. The maximum absolute atomic E-state index is 12.8. The van der Waals surface area contributed by atoms with Crippen molar-refractivity contribution < 1.29 is 9.53 Å². The second-order valence-electron chi connectivity index (χ2n) is 8.69. The van der Waals surface area contributed by atoms with Crippen molar-refractivity contribution in [2.24, 2.45) is 15.8 Å². The molecular weight excluding hydrogens is 467 g/mol. The highest BCUT2D eigenvalue weighted by molar-refractivity contribution is 14.0. The SMILES string of the molecule is CCNC(=NCC1(CCOC)CCCC1)NCC1(C(=O)N(C)C)CCCC1.I. The Hall–Kier alpha value is -0.570. The molecular formula is C21H41IN4O2. The van der Waals surface area contributed by atoms with E-state index < -0.39 is 0 Å². The van der Waals surface area contributed by atoms with E-state index in [0.29, 0.717) is 6.54 Å². The fourth-order valence-electron chi connectivity index (χ4n) is 4.76. The van der Waals surface area contributed by atoms with Crippen LogP contribution in [0.3, 0.4) is 0 Å². The van der Waals surface area contributed by atoms with Gasteiger partial charge in [-0.25, -0.2) is 0 Å². The van der Waals surface area contributed by atoms with Crippen molar-refractivity contribution in [2.45, 2.75) is 64.7 Å². The van der Waals surface area contributed by atoms with Gasteiger partial charge in [-0.1, -0.05) is 25.7 Å². The summed E-state index contributed by atoms with van der Waals surface area (Å²) >= 11 is 0. The number of nitrogens with zero attached hydrogens (tertiary/aromatic N) is 2. The molecule has 2 aliphatic carbocycles. The number of rotatable bonds is 9. The van der Waals surface area contributed by atoms with Crippen LogP contribution in [0, 0.1) is 10.8 Å². The van der Waals surface area contributed by atoms with Crippen molar-refractivity contribution in [3.63, 3.8) is 0 Å². The van der Waals surface area contributed by atoms with E-state index in [9.17, 15) is 4.79 Å². The van der Waals surface area contributed by atoms with Crippen LogP contribution >= 0.6 is 24.0 Å². The van der Waals surface area contributed by atoms with E-state index in [4.69, 9.17) is 9.73 Å². The number of nitrogens with one attached hydrogen (secondary N) is 2. The number of halogens is 1. The molecule has 7 heteroatoms. The molecule has 28 heavy (non-hydrogen) atoms. The highest BCUT2D eigenvalue weighted by Gasteiger charge is 2.42. The molecule has 6 nitrogen and oxygen atoms in total. The highest BCUT2D eigenvalue weighted by Crippen LogP contribution is 2.41. The number of ether oxygens (including phenoxy) is 1. The average molecular weight is 508 g/mol. The summed E-state index contributed by atoms with van der Waals surface area (Å²) < 4.78 is 5.34. The van der Waals surface area contributed by atoms with E-state index in [2.05, 4.69) is 17.6 Å². The summed E-state index contributed by atoms with van der Waals surface area (Å²) in [7, 11) is 5.50. The van der Waals surface area contributed by atoms with Gasteiger partial charge < -0.3 is 20.3 Å². The van der Waals surface area contributed by atoms with Gasteiger partial charge in [0.15, 0.2) is 5.96 Å². The zero-order chi connectivity index (χ0) is 19.8. The number of methoxy groups -OCH3 is 1. The van der Waals surface area contributed by atoms with Crippen LogP contribution in [0.25, 0.3) is 0 Å². The second kappa shape index (κ2) is 12.2. The van der Waals surface area contributed by atoms with Crippen LogP contribution in [0.4, 0.5) is 0 Å². The van der Waals surface area contributed by atoms with Crippen LogP contribution in [0.2, 0.25) is 0 Å². The molecule has 2 fully saturated rings. The Balaban J connectivity index is 0.00000392. The lowest BCUT2D eigenvalue weighted by Gasteiger charge is -2.32. The minimum Gasteiger partial charge on any atom is -0.385 e. The summed E-state index contributed by atoms with van der Waals surface area (Å²) in [5.41, 5.74) is 0.00362. The molecule has 0 aliphatic heterocycles. The van der Waals surface area contributed by atoms with Crippen molar-refractivity contribution in [3.8, 4) is 0 Å². The van der Waals surface area contributed by atoms with Gasteiger partial charge in [0.2, 0.25) is 5.91 Å². The zero-order valence-electron chi connectivity index (χ0n) is 18.3. The lowest BCUT2D eigenvalue weighted by atomic mass is 9.83. The fraction of sp³-hybridized carbons (Fsp3) is 0.905. The highest BCUT2D eigenvalue weighted by atomic mass is 127. The van der Waals surface area contributed by atoms with Gasteiger partial charge in [-0.2, -0.15) is 0 Å². The molecule has 2 saturated carbocycles.